The van der Waals surface area contributed by atoms with Crippen molar-refractivity contribution in [3.05, 3.63) is 35.1 Å². The van der Waals surface area contributed by atoms with Gasteiger partial charge >= 0.3 is 0 Å². The standard InChI is InChI=1S/C16H19N5O2S/c1-3-20(4-2)9-14-17-18-16-21(14)19-15(24-16)13-10-22-11-7-5-6-8-12(11)23-13/h5-8,13H,3-4,9-10H2,1-2H3/t13-/m0/s1. The highest BCUT2D eigenvalue weighted by molar-refractivity contribution is 7.16. The topological polar surface area (TPSA) is 64.8 Å². The van der Waals surface area contributed by atoms with E-state index in [4.69, 9.17) is 9.47 Å². The van der Waals surface area contributed by atoms with Gasteiger partial charge in [0.1, 0.15) is 6.61 Å². The number of benzene rings is 1. The molecule has 0 aliphatic carbocycles. The average molecular weight is 345 g/mol. The van der Waals surface area contributed by atoms with Crippen LogP contribution in [0.3, 0.4) is 0 Å². The molecule has 1 aromatic carbocycles. The van der Waals surface area contributed by atoms with E-state index in [1.807, 2.05) is 28.8 Å². The highest BCUT2D eigenvalue weighted by atomic mass is 32.1. The minimum atomic E-state index is -0.215. The summed E-state index contributed by atoms with van der Waals surface area (Å²) in [6.45, 7) is 7.41. The third-order valence-corrected chi connectivity index (χ3v) is 5.11. The maximum absolute atomic E-state index is 6.03. The normalized spacial score (nSPS) is 16.9. The zero-order chi connectivity index (χ0) is 16.5. The van der Waals surface area contributed by atoms with Gasteiger partial charge in [-0.3, -0.25) is 4.90 Å². The molecule has 8 heteroatoms. The lowest BCUT2D eigenvalue weighted by Gasteiger charge is -2.24. The van der Waals surface area contributed by atoms with Crippen LogP contribution in [0.5, 0.6) is 11.5 Å². The summed E-state index contributed by atoms with van der Waals surface area (Å²) in [6, 6.07) is 7.69. The van der Waals surface area contributed by atoms with Gasteiger partial charge in [0.25, 0.3) is 0 Å². The van der Waals surface area contributed by atoms with Crippen molar-refractivity contribution < 1.29 is 9.47 Å². The van der Waals surface area contributed by atoms with Crippen molar-refractivity contribution in [3.8, 4) is 11.5 Å². The van der Waals surface area contributed by atoms with E-state index in [1.54, 1.807) is 0 Å². The maximum Gasteiger partial charge on any atom is 0.234 e. The molecule has 0 N–H and O–H groups in total. The molecular formula is C16H19N5O2S. The molecule has 1 aliphatic heterocycles. The van der Waals surface area contributed by atoms with Crippen molar-refractivity contribution in [1.29, 1.82) is 0 Å². The molecule has 0 saturated heterocycles. The quantitative estimate of drug-likeness (QED) is 0.708. The van der Waals surface area contributed by atoms with Gasteiger partial charge in [-0.25, -0.2) is 0 Å². The van der Waals surface area contributed by atoms with Crippen molar-refractivity contribution in [1.82, 2.24) is 24.7 Å². The maximum atomic E-state index is 6.03. The summed E-state index contributed by atoms with van der Waals surface area (Å²) >= 11 is 1.50. The van der Waals surface area contributed by atoms with Crippen LogP contribution in [0.25, 0.3) is 4.96 Å². The predicted molar refractivity (Wildman–Crippen MR) is 90.6 cm³/mol. The fourth-order valence-electron chi connectivity index (χ4n) is 2.69. The molecule has 1 aliphatic rings. The van der Waals surface area contributed by atoms with E-state index < -0.39 is 0 Å². The van der Waals surface area contributed by atoms with Gasteiger partial charge in [0, 0.05) is 0 Å². The van der Waals surface area contributed by atoms with Gasteiger partial charge < -0.3 is 9.47 Å². The minimum absolute atomic E-state index is 0.215. The number of ether oxygens (including phenoxy) is 2. The Balaban J connectivity index is 1.59. The molecule has 3 heterocycles. The molecule has 1 atom stereocenters. The second kappa shape index (κ2) is 6.37. The van der Waals surface area contributed by atoms with Gasteiger partial charge in [0.05, 0.1) is 6.54 Å². The first-order valence-corrected chi connectivity index (χ1v) is 8.92. The molecule has 0 unspecified atom stereocenters. The Morgan fingerprint density at radius 2 is 2.00 bits per heavy atom. The fraction of sp³-hybridized carbons (Fsp3) is 0.438. The first kappa shape index (κ1) is 15.3. The second-order valence-electron chi connectivity index (χ2n) is 5.58. The Kier molecular flexibility index (Phi) is 4.07. The number of rotatable bonds is 5. The first-order chi connectivity index (χ1) is 11.8. The van der Waals surface area contributed by atoms with Crippen LogP contribution in [0.15, 0.2) is 24.3 Å². The number of nitrogens with zero attached hydrogens (tertiary/aromatic N) is 5. The van der Waals surface area contributed by atoms with Crippen LogP contribution < -0.4 is 9.47 Å². The molecule has 0 spiro atoms. The molecule has 2 aromatic heterocycles. The SMILES string of the molecule is CCN(CC)Cc1nnc2sc([C@@H]3COc4ccccc4O3)nn12. The van der Waals surface area contributed by atoms with Crippen molar-refractivity contribution in [2.45, 2.75) is 26.5 Å². The van der Waals surface area contributed by atoms with Crippen molar-refractivity contribution in [3.63, 3.8) is 0 Å². The summed E-state index contributed by atoms with van der Waals surface area (Å²) in [6.07, 6.45) is -0.215. The second-order valence-corrected chi connectivity index (χ2v) is 6.56. The smallest absolute Gasteiger partial charge is 0.234 e. The Labute approximate surface area is 143 Å². The van der Waals surface area contributed by atoms with Crippen molar-refractivity contribution in [2.75, 3.05) is 19.7 Å². The van der Waals surface area contributed by atoms with Crippen LogP contribution in [0.4, 0.5) is 0 Å². The first-order valence-electron chi connectivity index (χ1n) is 8.10. The average Bonchev–Trinajstić information content (AvgIpc) is 3.20. The molecule has 24 heavy (non-hydrogen) atoms. The van der Waals surface area contributed by atoms with Crippen LogP contribution in [0.1, 0.15) is 30.8 Å². The van der Waals surface area contributed by atoms with E-state index in [0.29, 0.717) is 6.61 Å². The summed E-state index contributed by atoms with van der Waals surface area (Å²) < 4.78 is 13.6. The summed E-state index contributed by atoms with van der Waals surface area (Å²) in [5, 5.41) is 14.0. The molecule has 4 rings (SSSR count). The zero-order valence-electron chi connectivity index (χ0n) is 13.7. The monoisotopic (exact) mass is 345 g/mol. The van der Waals surface area contributed by atoms with Crippen molar-refractivity contribution in [2.24, 2.45) is 0 Å². The molecule has 126 valence electrons. The summed E-state index contributed by atoms with van der Waals surface area (Å²) in [5.41, 5.74) is 0. The van der Waals surface area contributed by atoms with Crippen LogP contribution in [-0.2, 0) is 6.54 Å². The van der Waals surface area contributed by atoms with E-state index in [9.17, 15) is 0 Å². The predicted octanol–water partition coefficient (Wildman–Crippen LogP) is 2.54. The lowest BCUT2D eigenvalue weighted by molar-refractivity contribution is 0.0904. The van der Waals surface area contributed by atoms with E-state index in [-0.39, 0.29) is 6.10 Å². The van der Waals surface area contributed by atoms with Crippen LogP contribution >= 0.6 is 11.3 Å². The highest BCUT2D eigenvalue weighted by Crippen LogP contribution is 2.36. The van der Waals surface area contributed by atoms with Crippen LogP contribution in [0.2, 0.25) is 0 Å². The third kappa shape index (κ3) is 2.71. The largest absolute Gasteiger partial charge is 0.485 e. The van der Waals surface area contributed by atoms with Crippen LogP contribution in [-0.4, -0.2) is 44.4 Å². The Morgan fingerprint density at radius 3 is 2.79 bits per heavy atom. The van der Waals surface area contributed by atoms with E-state index in [1.165, 1.54) is 11.3 Å². The number of hydrogen-bond donors (Lipinski definition) is 0. The van der Waals surface area contributed by atoms with Gasteiger partial charge in [-0.15, -0.1) is 10.2 Å². The van der Waals surface area contributed by atoms with Gasteiger partial charge in [0.15, 0.2) is 28.4 Å². The summed E-state index contributed by atoms with van der Waals surface area (Å²) in [4.78, 5) is 3.07. The van der Waals surface area contributed by atoms with E-state index in [2.05, 4.69) is 34.0 Å². The van der Waals surface area contributed by atoms with Crippen LogP contribution in [0, 0.1) is 0 Å². The Bertz CT molecular complexity index is 842. The Hall–Kier alpha value is -2.19. The van der Waals surface area contributed by atoms with Gasteiger partial charge in [-0.05, 0) is 25.2 Å². The minimum Gasteiger partial charge on any atom is -0.485 e. The molecular weight excluding hydrogens is 326 g/mol. The molecule has 0 saturated carbocycles. The van der Waals surface area contributed by atoms with Gasteiger partial charge in [0.2, 0.25) is 4.96 Å². The summed E-state index contributed by atoms with van der Waals surface area (Å²) in [7, 11) is 0. The number of fused-ring (bicyclic) bond motifs is 2. The summed E-state index contributed by atoms with van der Waals surface area (Å²) in [5.74, 6) is 2.38. The number of hydrogen-bond acceptors (Lipinski definition) is 7. The molecule has 0 amide bonds. The number of para-hydroxylation sites is 2. The lowest BCUT2D eigenvalue weighted by atomic mass is 10.3. The fourth-order valence-corrected chi connectivity index (χ4v) is 3.56. The van der Waals surface area contributed by atoms with E-state index in [0.717, 1.165) is 46.9 Å². The lowest BCUT2D eigenvalue weighted by Crippen LogP contribution is -2.24. The highest BCUT2D eigenvalue weighted by Gasteiger charge is 2.26. The molecule has 3 aromatic rings. The third-order valence-electron chi connectivity index (χ3n) is 4.11. The zero-order valence-corrected chi connectivity index (χ0v) is 14.5. The van der Waals surface area contributed by atoms with Gasteiger partial charge in [-0.1, -0.05) is 37.3 Å². The molecule has 0 fully saturated rings. The molecule has 0 bridgehead atoms. The van der Waals surface area contributed by atoms with E-state index >= 15 is 0 Å². The van der Waals surface area contributed by atoms with Crippen molar-refractivity contribution >= 4 is 16.3 Å². The Morgan fingerprint density at radius 1 is 1.21 bits per heavy atom. The molecule has 7 nitrogen and oxygen atoms in total. The molecule has 0 radical (unpaired) electrons. The van der Waals surface area contributed by atoms with Gasteiger partial charge in [-0.2, -0.15) is 9.61 Å². The number of aromatic nitrogens is 4.